The molecule has 1 aromatic heterocycles. The second-order valence-corrected chi connectivity index (χ2v) is 6.38. The Morgan fingerprint density at radius 3 is 2.67 bits per heavy atom. The van der Waals surface area contributed by atoms with E-state index in [0.29, 0.717) is 12.1 Å². The molecule has 0 unspecified atom stereocenters. The molecule has 0 bridgehead atoms. The van der Waals surface area contributed by atoms with Crippen LogP contribution in [0.15, 0.2) is 42.7 Å². The van der Waals surface area contributed by atoms with Gasteiger partial charge in [0.05, 0.1) is 18.2 Å². The summed E-state index contributed by atoms with van der Waals surface area (Å²) >= 11 is 0. The minimum absolute atomic E-state index is 0.0187. The van der Waals surface area contributed by atoms with E-state index in [9.17, 15) is 9.90 Å². The largest absolute Gasteiger partial charge is 0.394 e. The highest BCUT2D eigenvalue weighted by Crippen LogP contribution is 2.24. The third-order valence-corrected chi connectivity index (χ3v) is 4.55. The lowest BCUT2D eigenvalue weighted by Gasteiger charge is -2.23. The van der Waals surface area contributed by atoms with Crippen molar-refractivity contribution in [2.45, 2.75) is 18.9 Å². The zero-order chi connectivity index (χ0) is 17.1. The van der Waals surface area contributed by atoms with Crippen molar-refractivity contribution in [2.75, 3.05) is 32.1 Å². The molecule has 0 aliphatic carbocycles. The van der Waals surface area contributed by atoms with E-state index < -0.39 is 0 Å². The van der Waals surface area contributed by atoms with Crippen LogP contribution in [0.2, 0.25) is 0 Å². The number of hydrogen-bond donors (Lipinski definition) is 1. The first kappa shape index (κ1) is 16.5. The number of aliphatic hydroxyl groups is 1. The highest BCUT2D eigenvalue weighted by molar-refractivity contribution is 5.95. The number of anilines is 1. The second-order valence-electron chi connectivity index (χ2n) is 6.38. The van der Waals surface area contributed by atoms with Crippen molar-refractivity contribution in [3.8, 4) is 11.1 Å². The Balaban J connectivity index is 1.85. The second kappa shape index (κ2) is 7.01. The maximum Gasteiger partial charge on any atom is 0.255 e. The predicted octanol–water partition coefficient (Wildman–Crippen LogP) is 2.41. The number of aromatic nitrogens is 1. The van der Waals surface area contributed by atoms with Crippen LogP contribution < -0.4 is 4.90 Å². The molecule has 126 valence electrons. The number of rotatable bonds is 4. The van der Waals surface area contributed by atoms with Gasteiger partial charge >= 0.3 is 0 Å². The zero-order valence-electron chi connectivity index (χ0n) is 14.1. The third-order valence-electron chi connectivity index (χ3n) is 4.55. The Morgan fingerprint density at radius 1 is 1.25 bits per heavy atom. The minimum Gasteiger partial charge on any atom is -0.394 e. The number of likely N-dealkylation sites (tertiary alicyclic amines) is 1. The fourth-order valence-corrected chi connectivity index (χ4v) is 3.13. The highest BCUT2D eigenvalue weighted by atomic mass is 16.3. The maximum atomic E-state index is 12.7. The summed E-state index contributed by atoms with van der Waals surface area (Å²) < 4.78 is 0. The van der Waals surface area contributed by atoms with Crippen LogP contribution in [-0.2, 0) is 0 Å². The van der Waals surface area contributed by atoms with Gasteiger partial charge in [-0.3, -0.25) is 9.78 Å². The Kier molecular flexibility index (Phi) is 4.81. The van der Waals surface area contributed by atoms with Crippen LogP contribution >= 0.6 is 0 Å². The summed E-state index contributed by atoms with van der Waals surface area (Å²) in [6.45, 7) is 0.719. The van der Waals surface area contributed by atoms with E-state index in [1.165, 1.54) is 0 Å². The van der Waals surface area contributed by atoms with Crippen LogP contribution in [0.5, 0.6) is 0 Å². The van der Waals surface area contributed by atoms with Gasteiger partial charge in [0.1, 0.15) is 0 Å². The van der Waals surface area contributed by atoms with E-state index in [-0.39, 0.29) is 18.6 Å². The molecule has 1 atom stereocenters. The van der Waals surface area contributed by atoms with Gasteiger partial charge in [-0.15, -0.1) is 0 Å². The number of carbonyl (C=O) groups excluding carboxylic acids is 1. The number of carbonyl (C=O) groups is 1. The van der Waals surface area contributed by atoms with Gasteiger partial charge in [-0.1, -0.05) is 12.1 Å². The molecule has 24 heavy (non-hydrogen) atoms. The lowest BCUT2D eigenvalue weighted by Crippen LogP contribution is -2.37. The van der Waals surface area contributed by atoms with Crippen LogP contribution in [0.3, 0.4) is 0 Å². The zero-order valence-corrected chi connectivity index (χ0v) is 14.1. The van der Waals surface area contributed by atoms with E-state index in [1.807, 2.05) is 49.3 Å². The molecule has 5 nitrogen and oxygen atoms in total. The summed E-state index contributed by atoms with van der Waals surface area (Å²) in [4.78, 5) is 20.8. The Hall–Kier alpha value is -2.40. The lowest BCUT2D eigenvalue weighted by molar-refractivity contribution is 0.0677. The first-order chi connectivity index (χ1) is 11.6. The fraction of sp³-hybridized carbons (Fsp3) is 0.368. The van der Waals surface area contributed by atoms with E-state index in [0.717, 1.165) is 29.7 Å². The first-order valence-corrected chi connectivity index (χ1v) is 8.25. The van der Waals surface area contributed by atoms with Gasteiger partial charge in [0, 0.05) is 44.3 Å². The number of amides is 1. The molecule has 0 spiro atoms. The highest BCUT2D eigenvalue weighted by Gasteiger charge is 2.29. The van der Waals surface area contributed by atoms with E-state index in [2.05, 4.69) is 4.98 Å². The number of benzene rings is 1. The molecule has 1 aliphatic rings. The number of hydrogen-bond acceptors (Lipinski definition) is 4. The molecule has 1 saturated heterocycles. The van der Waals surface area contributed by atoms with Crippen molar-refractivity contribution in [2.24, 2.45) is 0 Å². The topological polar surface area (TPSA) is 56.7 Å². The number of aliphatic hydroxyl groups excluding tert-OH is 1. The SMILES string of the molecule is CN(C)c1ccc(-c2cncc(C(=O)N3CCC[C@@H]3CO)c2)cc1. The van der Waals surface area contributed by atoms with Crippen LogP contribution in [0.1, 0.15) is 23.2 Å². The Labute approximate surface area is 142 Å². The van der Waals surface area contributed by atoms with Gasteiger partial charge in [0.2, 0.25) is 0 Å². The quantitative estimate of drug-likeness (QED) is 0.938. The molecule has 3 rings (SSSR count). The molecule has 1 aromatic carbocycles. The van der Waals surface area contributed by atoms with E-state index >= 15 is 0 Å². The average molecular weight is 325 g/mol. The predicted molar refractivity (Wildman–Crippen MR) is 95.1 cm³/mol. The molecular formula is C19H23N3O2. The molecule has 5 heteroatoms. The van der Waals surface area contributed by atoms with Crippen LogP contribution in [0.25, 0.3) is 11.1 Å². The van der Waals surface area contributed by atoms with Gasteiger partial charge in [-0.2, -0.15) is 0 Å². The minimum atomic E-state index is -0.0690. The van der Waals surface area contributed by atoms with Crippen LogP contribution in [0, 0.1) is 0 Å². The van der Waals surface area contributed by atoms with Crippen LogP contribution in [-0.4, -0.2) is 54.2 Å². The molecule has 0 radical (unpaired) electrons. The van der Waals surface area contributed by atoms with Crippen molar-refractivity contribution >= 4 is 11.6 Å². The summed E-state index contributed by atoms with van der Waals surface area (Å²) in [6.07, 6.45) is 5.18. The molecular weight excluding hydrogens is 302 g/mol. The smallest absolute Gasteiger partial charge is 0.255 e. The van der Waals surface area contributed by atoms with Gasteiger partial charge < -0.3 is 14.9 Å². The number of pyridine rings is 1. The molecule has 1 aliphatic heterocycles. The van der Waals surface area contributed by atoms with Crippen molar-refractivity contribution in [3.63, 3.8) is 0 Å². The molecule has 1 amide bonds. The molecule has 1 N–H and O–H groups in total. The fourth-order valence-electron chi connectivity index (χ4n) is 3.13. The summed E-state index contributed by atoms with van der Waals surface area (Å²) in [7, 11) is 4.01. The Morgan fingerprint density at radius 2 is 2.00 bits per heavy atom. The van der Waals surface area contributed by atoms with E-state index in [4.69, 9.17) is 0 Å². The van der Waals surface area contributed by atoms with Gasteiger partial charge in [0.25, 0.3) is 5.91 Å². The van der Waals surface area contributed by atoms with Crippen molar-refractivity contribution in [1.82, 2.24) is 9.88 Å². The van der Waals surface area contributed by atoms with E-state index in [1.54, 1.807) is 17.3 Å². The summed E-state index contributed by atoms with van der Waals surface area (Å²) in [5, 5.41) is 9.42. The number of nitrogens with zero attached hydrogens (tertiary/aromatic N) is 3. The summed E-state index contributed by atoms with van der Waals surface area (Å²) in [5.74, 6) is -0.0502. The van der Waals surface area contributed by atoms with Crippen molar-refractivity contribution in [1.29, 1.82) is 0 Å². The first-order valence-electron chi connectivity index (χ1n) is 8.25. The van der Waals surface area contributed by atoms with Gasteiger partial charge in [-0.25, -0.2) is 0 Å². The molecule has 1 fully saturated rings. The van der Waals surface area contributed by atoms with Crippen molar-refractivity contribution < 1.29 is 9.90 Å². The maximum absolute atomic E-state index is 12.7. The molecule has 0 saturated carbocycles. The molecule has 2 aromatic rings. The lowest BCUT2D eigenvalue weighted by atomic mass is 10.0. The van der Waals surface area contributed by atoms with Gasteiger partial charge in [-0.05, 0) is 36.6 Å². The average Bonchev–Trinajstić information content (AvgIpc) is 3.10. The summed E-state index contributed by atoms with van der Waals surface area (Å²) in [5.41, 5.74) is 3.65. The monoisotopic (exact) mass is 325 g/mol. The summed E-state index contributed by atoms with van der Waals surface area (Å²) in [6, 6.07) is 9.98. The van der Waals surface area contributed by atoms with Gasteiger partial charge in [0.15, 0.2) is 0 Å². The Bertz CT molecular complexity index is 713. The normalized spacial score (nSPS) is 17.1. The molecule has 2 heterocycles. The van der Waals surface area contributed by atoms with Crippen molar-refractivity contribution in [3.05, 3.63) is 48.3 Å². The van der Waals surface area contributed by atoms with Crippen LogP contribution in [0.4, 0.5) is 5.69 Å². The standard InChI is InChI=1S/C19H23N3O2/c1-21(2)17-7-5-14(6-8-17)15-10-16(12-20-11-15)19(24)22-9-3-4-18(22)13-23/h5-8,10-12,18,23H,3-4,9,13H2,1-2H3/t18-/m1/s1. The third kappa shape index (κ3) is 3.26.